The summed E-state index contributed by atoms with van der Waals surface area (Å²) in [4.78, 5) is 2.06. The Morgan fingerprint density at radius 2 is 1.76 bits per heavy atom. The van der Waals surface area contributed by atoms with Crippen LogP contribution in [0.25, 0.3) is 34.2 Å². The summed E-state index contributed by atoms with van der Waals surface area (Å²) in [5.74, 6) is 1.33. The molecule has 0 spiro atoms. The van der Waals surface area contributed by atoms with Gasteiger partial charge in [-0.25, -0.2) is 4.68 Å². The van der Waals surface area contributed by atoms with Crippen LogP contribution in [0.4, 0.5) is 0 Å². The number of fused-ring (bicyclic) bond motifs is 4. The highest BCUT2D eigenvalue weighted by atomic mass is 16.5. The van der Waals surface area contributed by atoms with E-state index in [-0.39, 0.29) is 0 Å². The van der Waals surface area contributed by atoms with Gasteiger partial charge in [-0.1, -0.05) is 31.7 Å². The second kappa shape index (κ2) is 13.3. The Bertz CT molecular complexity index is 1330. The summed E-state index contributed by atoms with van der Waals surface area (Å²) in [6.45, 7) is 4.76. The lowest BCUT2D eigenvalue weighted by molar-refractivity contribution is 0.232. The molecule has 1 aromatic carbocycles. The molecule has 1 saturated carbocycles. The predicted octanol–water partition coefficient (Wildman–Crippen LogP) is 4.39. The molecule has 1 aliphatic carbocycles. The highest BCUT2D eigenvalue weighted by Gasteiger charge is 2.15. The van der Waals surface area contributed by atoms with Gasteiger partial charge in [0.15, 0.2) is 0 Å². The molecular weight excluding hydrogens is 480 g/mol. The zero-order chi connectivity index (χ0) is 26.9. The molecule has 0 atom stereocenters. The monoisotopic (exact) mass is 520 g/mol. The SMILES string of the molecule is C1CCC1.CN(C)CCN.Cc1[nH]nc2c1/C=C/c1[nH]nc3ccc(cc13)-c1cnn(C)c1OCCCO2. The minimum Gasteiger partial charge on any atom is -0.477 e. The second-order valence-electron chi connectivity index (χ2n) is 9.81. The van der Waals surface area contributed by atoms with Crippen LogP contribution < -0.4 is 15.2 Å². The highest BCUT2D eigenvalue weighted by Crippen LogP contribution is 2.33. The molecule has 2 aliphatic rings. The first-order valence-electron chi connectivity index (χ1n) is 13.3. The number of aromatic nitrogens is 6. The molecule has 38 heavy (non-hydrogen) atoms. The van der Waals surface area contributed by atoms with E-state index in [0.29, 0.717) is 19.1 Å². The van der Waals surface area contributed by atoms with E-state index in [1.165, 1.54) is 25.7 Å². The van der Waals surface area contributed by atoms with Gasteiger partial charge in [-0.3, -0.25) is 10.2 Å². The maximum Gasteiger partial charge on any atom is 0.240 e. The third kappa shape index (κ3) is 6.81. The number of hydrogen-bond acceptors (Lipinski definition) is 7. The summed E-state index contributed by atoms with van der Waals surface area (Å²) >= 11 is 0. The van der Waals surface area contributed by atoms with Crippen molar-refractivity contribution in [3.05, 3.63) is 41.3 Å². The third-order valence-corrected chi connectivity index (χ3v) is 6.50. The molecule has 0 saturated heterocycles. The maximum absolute atomic E-state index is 6.03. The Labute approximate surface area is 224 Å². The van der Waals surface area contributed by atoms with Crippen LogP contribution in [0.2, 0.25) is 0 Å². The maximum atomic E-state index is 6.03. The van der Waals surface area contributed by atoms with Crippen LogP contribution >= 0.6 is 0 Å². The van der Waals surface area contributed by atoms with Gasteiger partial charge in [0.25, 0.3) is 0 Å². The number of aryl methyl sites for hydroxylation is 2. The largest absolute Gasteiger partial charge is 0.477 e. The molecule has 4 heterocycles. The van der Waals surface area contributed by atoms with Crippen molar-refractivity contribution in [3.63, 3.8) is 0 Å². The molecule has 2 bridgehead atoms. The van der Waals surface area contributed by atoms with Gasteiger partial charge in [0, 0.05) is 37.6 Å². The van der Waals surface area contributed by atoms with E-state index in [0.717, 1.165) is 64.4 Å². The summed E-state index contributed by atoms with van der Waals surface area (Å²) in [5.41, 5.74) is 10.9. The summed E-state index contributed by atoms with van der Waals surface area (Å²) in [6, 6.07) is 6.16. The van der Waals surface area contributed by atoms with Crippen molar-refractivity contribution in [3.8, 4) is 22.9 Å². The second-order valence-corrected chi connectivity index (χ2v) is 9.81. The van der Waals surface area contributed by atoms with E-state index >= 15 is 0 Å². The van der Waals surface area contributed by atoms with Crippen LogP contribution in [0.15, 0.2) is 24.4 Å². The van der Waals surface area contributed by atoms with E-state index in [4.69, 9.17) is 15.2 Å². The van der Waals surface area contributed by atoms with Crippen molar-refractivity contribution in [2.45, 2.75) is 39.0 Å². The van der Waals surface area contributed by atoms with Gasteiger partial charge in [0.1, 0.15) is 0 Å². The first-order chi connectivity index (χ1) is 18.5. The number of hydrogen-bond donors (Lipinski definition) is 3. The molecule has 3 aromatic heterocycles. The summed E-state index contributed by atoms with van der Waals surface area (Å²) in [7, 11) is 5.90. The third-order valence-electron chi connectivity index (χ3n) is 6.50. The predicted molar refractivity (Wildman–Crippen MR) is 152 cm³/mol. The Kier molecular flexibility index (Phi) is 9.56. The Hall–Kier alpha value is -3.63. The lowest BCUT2D eigenvalue weighted by atomic mass is 10.0. The standard InChI is InChI=1S/C20H20N6O2.C4H12N2.C4H8/c1-12-14-5-7-18-15-10-13(4-6-17(15)23-24-18)16-11-21-26(2)20(16)28-9-3-8-27-19(14)25-22-12;1-6(2)4-3-5;1-2-4-3-1/h4-7,10-11H,3,8-9H2,1-2H3,(H,22,25)(H,23,24);3-5H2,1-2H3;1-4H2/b7-5+;;. The molecule has 4 N–H and O–H groups in total. The molecule has 4 aromatic rings. The smallest absolute Gasteiger partial charge is 0.240 e. The van der Waals surface area contributed by atoms with Crippen LogP contribution in [-0.2, 0) is 7.05 Å². The van der Waals surface area contributed by atoms with Crippen molar-refractivity contribution in [2.75, 3.05) is 40.4 Å². The van der Waals surface area contributed by atoms with Crippen LogP contribution in [0.5, 0.6) is 11.8 Å². The quantitative estimate of drug-likeness (QED) is 0.358. The van der Waals surface area contributed by atoms with Gasteiger partial charge in [-0.15, -0.1) is 5.10 Å². The minimum absolute atomic E-state index is 0.514. The number of H-pyrrole nitrogens is 2. The summed E-state index contributed by atoms with van der Waals surface area (Å²) in [5, 5.41) is 20.2. The lowest BCUT2D eigenvalue weighted by Crippen LogP contribution is -2.20. The molecule has 0 radical (unpaired) electrons. The van der Waals surface area contributed by atoms with Gasteiger partial charge < -0.3 is 20.1 Å². The van der Waals surface area contributed by atoms with Crippen LogP contribution in [0.3, 0.4) is 0 Å². The zero-order valence-corrected chi connectivity index (χ0v) is 23.0. The average molecular weight is 521 g/mol. The number of ether oxygens (including phenoxy) is 2. The van der Waals surface area contributed by atoms with E-state index in [1.54, 1.807) is 4.68 Å². The van der Waals surface area contributed by atoms with Crippen LogP contribution in [0.1, 0.15) is 49.1 Å². The molecule has 1 fully saturated rings. The molecule has 0 unspecified atom stereocenters. The first kappa shape index (κ1) is 27.4. The molecule has 204 valence electrons. The number of nitrogens with two attached hydrogens (primary N) is 1. The number of aromatic amines is 2. The number of benzene rings is 1. The van der Waals surface area contributed by atoms with Crippen LogP contribution in [0, 0.1) is 6.92 Å². The van der Waals surface area contributed by atoms with Gasteiger partial charge in [-0.05, 0) is 50.9 Å². The minimum atomic E-state index is 0.514. The Morgan fingerprint density at radius 3 is 2.45 bits per heavy atom. The molecule has 1 aliphatic heterocycles. The molecule has 6 rings (SSSR count). The molecule has 10 heteroatoms. The van der Waals surface area contributed by atoms with Crippen molar-refractivity contribution in [1.82, 2.24) is 35.1 Å². The van der Waals surface area contributed by atoms with Crippen molar-refractivity contribution >= 4 is 23.1 Å². The van der Waals surface area contributed by atoms with Crippen molar-refractivity contribution < 1.29 is 9.47 Å². The first-order valence-corrected chi connectivity index (χ1v) is 13.3. The van der Waals surface area contributed by atoms with Crippen molar-refractivity contribution in [2.24, 2.45) is 12.8 Å². The fourth-order valence-electron chi connectivity index (χ4n) is 3.91. The Morgan fingerprint density at radius 1 is 1.00 bits per heavy atom. The molecular formula is C28H40N8O2. The number of rotatable bonds is 2. The van der Waals surface area contributed by atoms with Gasteiger partial charge in [-0.2, -0.15) is 10.2 Å². The Balaban J connectivity index is 0.000000285. The van der Waals surface area contributed by atoms with E-state index in [2.05, 4.69) is 36.5 Å². The number of likely N-dealkylation sites (N-methyl/N-ethyl adjacent to an activating group) is 1. The van der Waals surface area contributed by atoms with Crippen molar-refractivity contribution in [1.29, 1.82) is 0 Å². The number of nitrogens with zero attached hydrogens (tertiary/aromatic N) is 5. The van der Waals surface area contributed by atoms with Gasteiger partial charge >= 0.3 is 0 Å². The number of nitrogens with one attached hydrogen (secondary N) is 2. The van der Waals surface area contributed by atoms with Gasteiger partial charge in [0.2, 0.25) is 11.8 Å². The van der Waals surface area contributed by atoms with E-state index < -0.39 is 0 Å². The zero-order valence-electron chi connectivity index (χ0n) is 23.0. The lowest BCUT2D eigenvalue weighted by Gasteiger charge is -2.09. The van der Waals surface area contributed by atoms with Gasteiger partial charge in [0.05, 0.1) is 41.7 Å². The molecule has 10 nitrogen and oxygen atoms in total. The topological polar surface area (TPSA) is 123 Å². The molecule has 0 amide bonds. The average Bonchev–Trinajstić information content (AvgIpc) is 3.53. The normalized spacial score (nSPS) is 15.3. The summed E-state index contributed by atoms with van der Waals surface area (Å²) in [6.07, 6.45) is 12.6. The highest BCUT2D eigenvalue weighted by molar-refractivity contribution is 5.93. The fourth-order valence-corrected chi connectivity index (χ4v) is 3.91. The van der Waals surface area contributed by atoms with E-state index in [1.807, 2.05) is 58.5 Å². The fraction of sp³-hybridized carbons (Fsp3) is 0.464. The van der Waals surface area contributed by atoms with Crippen LogP contribution in [-0.4, -0.2) is 75.5 Å². The summed E-state index contributed by atoms with van der Waals surface area (Å²) < 4.78 is 13.6. The van der Waals surface area contributed by atoms with E-state index in [9.17, 15) is 0 Å².